The van der Waals surface area contributed by atoms with Crippen molar-refractivity contribution in [1.29, 1.82) is 0 Å². The summed E-state index contributed by atoms with van der Waals surface area (Å²) in [4.78, 5) is 5.03. The van der Waals surface area contributed by atoms with Crippen molar-refractivity contribution in [1.82, 2.24) is 9.80 Å². The van der Waals surface area contributed by atoms with Crippen molar-refractivity contribution in [2.24, 2.45) is 5.41 Å². The predicted molar refractivity (Wildman–Crippen MR) is 62.5 cm³/mol. The number of nitrogens with zero attached hydrogens (tertiary/aromatic N) is 2. The van der Waals surface area contributed by atoms with Crippen LogP contribution in [0.25, 0.3) is 0 Å². The summed E-state index contributed by atoms with van der Waals surface area (Å²) < 4.78 is 0. The Morgan fingerprint density at radius 3 is 2.00 bits per heavy atom. The summed E-state index contributed by atoms with van der Waals surface area (Å²) in [6, 6.07) is 0. The third-order valence-electron chi connectivity index (χ3n) is 2.55. The summed E-state index contributed by atoms with van der Waals surface area (Å²) in [6.07, 6.45) is 2.00. The van der Waals surface area contributed by atoms with Crippen molar-refractivity contribution in [3.05, 3.63) is 12.7 Å². The molecule has 82 valence electrons. The van der Waals surface area contributed by atoms with Crippen LogP contribution in [0.15, 0.2) is 12.7 Å². The molecule has 0 aliphatic carbocycles. The molecule has 1 aliphatic heterocycles. The first-order valence-electron chi connectivity index (χ1n) is 5.57. The minimum Gasteiger partial charge on any atom is -0.300 e. The van der Waals surface area contributed by atoms with E-state index in [9.17, 15) is 0 Å². The van der Waals surface area contributed by atoms with Crippen molar-refractivity contribution in [3.8, 4) is 0 Å². The largest absolute Gasteiger partial charge is 0.300 e. The summed E-state index contributed by atoms with van der Waals surface area (Å²) >= 11 is 0. The second kappa shape index (κ2) is 4.94. The Labute approximate surface area is 88.6 Å². The van der Waals surface area contributed by atoms with Crippen molar-refractivity contribution < 1.29 is 0 Å². The normalized spacial score (nSPS) is 21.1. The molecule has 1 saturated heterocycles. The van der Waals surface area contributed by atoms with Gasteiger partial charge in [-0.2, -0.15) is 0 Å². The predicted octanol–water partition coefficient (Wildman–Crippen LogP) is 1.84. The topological polar surface area (TPSA) is 6.48 Å². The molecule has 0 N–H and O–H groups in total. The highest BCUT2D eigenvalue weighted by atomic mass is 15.3. The van der Waals surface area contributed by atoms with Crippen LogP contribution >= 0.6 is 0 Å². The fraction of sp³-hybridized carbons (Fsp3) is 0.833. The van der Waals surface area contributed by atoms with Crippen molar-refractivity contribution in [3.63, 3.8) is 0 Å². The van der Waals surface area contributed by atoms with Crippen LogP contribution in [0.4, 0.5) is 0 Å². The van der Waals surface area contributed by atoms with Gasteiger partial charge < -0.3 is 4.90 Å². The molecule has 0 aromatic carbocycles. The quantitative estimate of drug-likeness (QED) is 0.636. The number of rotatable bonds is 3. The smallest absolute Gasteiger partial charge is 0.0161 e. The molecular formula is C12H24N2. The molecule has 2 heteroatoms. The Balaban J connectivity index is 2.25. The standard InChI is InChI=1S/C12H24N2/c1-5-6-13-7-9-14(10-8-13)11-12(2,3)4/h5H,1,6-11H2,2-4H3. The van der Waals surface area contributed by atoms with Gasteiger partial charge in [0.25, 0.3) is 0 Å². The lowest BCUT2D eigenvalue weighted by Gasteiger charge is -2.37. The molecule has 0 bridgehead atoms. The molecule has 1 heterocycles. The highest BCUT2D eigenvalue weighted by Crippen LogP contribution is 2.16. The molecule has 0 aromatic heterocycles. The molecule has 2 nitrogen and oxygen atoms in total. The second-order valence-corrected chi connectivity index (χ2v) is 5.43. The van der Waals surface area contributed by atoms with Gasteiger partial charge in [0.05, 0.1) is 0 Å². The van der Waals surface area contributed by atoms with Gasteiger partial charge in [-0.05, 0) is 5.41 Å². The van der Waals surface area contributed by atoms with Crippen LogP contribution in [-0.2, 0) is 0 Å². The minimum absolute atomic E-state index is 0.431. The van der Waals surface area contributed by atoms with E-state index in [1.807, 2.05) is 6.08 Å². The van der Waals surface area contributed by atoms with Gasteiger partial charge in [-0.1, -0.05) is 26.8 Å². The van der Waals surface area contributed by atoms with E-state index in [1.54, 1.807) is 0 Å². The molecule has 0 atom stereocenters. The van der Waals surface area contributed by atoms with Crippen molar-refractivity contribution >= 4 is 0 Å². The fourth-order valence-corrected chi connectivity index (χ4v) is 1.98. The van der Waals surface area contributed by atoms with Crippen LogP contribution in [-0.4, -0.2) is 49.1 Å². The molecule has 0 amide bonds. The van der Waals surface area contributed by atoms with E-state index in [0.717, 1.165) is 6.54 Å². The van der Waals surface area contributed by atoms with Crippen LogP contribution in [0.5, 0.6) is 0 Å². The van der Waals surface area contributed by atoms with E-state index in [2.05, 4.69) is 37.1 Å². The molecule has 0 spiro atoms. The summed E-state index contributed by atoms with van der Waals surface area (Å²) in [5, 5.41) is 0. The average Bonchev–Trinajstić information content (AvgIpc) is 2.06. The summed E-state index contributed by atoms with van der Waals surface area (Å²) in [7, 11) is 0. The molecule has 14 heavy (non-hydrogen) atoms. The molecule has 0 saturated carbocycles. The van der Waals surface area contributed by atoms with E-state index in [0.29, 0.717) is 5.41 Å². The summed E-state index contributed by atoms with van der Waals surface area (Å²) in [6.45, 7) is 17.8. The first-order valence-corrected chi connectivity index (χ1v) is 5.57. The lowest BCUT2D eigenvalue weighted by molar-refractivity contribution is 0.109. The van der Waals surface area contributed by atoms with Gasteiger partial charge in [-0.25, -0.2) is 0 Å². The summed E-state index contributed by atoms with van der Waals surface area (Å²) in [5.41, 5.74) is 0.431. The molecule has 0 radical (unpaired) electrons. The van der Waals surface area contributed by atoms with Gasteiger partial charge in [-0.15, -0.1) is 6.58 Å². The molecule has 0 aromatic rings. The molecular weight excluding hydrogens is 172 g/mol. The van der Waals surface area contributed by atoms with Gasteiger partial charge >= 0.3 is 0 Å². The Bertz CT molecular complexity index is 173. The minimum atomic E-state index is 0.431. The third-order valence-corrected chi connectivity index (χ3v) is 2.55. The van der Waals surface area contributed by atoms with Gasteiger partial charge in [0.15, 0.2) is 0 Å². The number of hydrogen-bond donors (Lipinski definition) is 0. The maximum absolute atomic E-state index is 3.78. The van der Waals surface area contributed by atoms with Crippen LogP contribution in [0, 0.1) is 5.41 Å². The molecule has 1 aliphatic rings. The van der Waals surface area contributed by atoms with E-state index < -0.39 is 0 Å². The van der Waals surface area contributed by atoms with Crippen molar-refractivity contribution in [2.45, 2.75) is 20.8 Å². The Kier molecular flexibility index (Phi) is 4.14. The zero-order valence-electron chi connectivity index (χ0n) is 9.92. The SMILES string of the molecule is C=CCN1CCN(CC(C)(C)C)CC1. The fourth-order valence-electron chi connectivity index (χ4n) is 1.98. The Hall–Kier alpha value is -0.340. The number of hydrogen-bond acceptors (Lipinski definition) is 2. The lowest BCUT2D eigenvalue weighted by Crippen LogP contribution is -2.48. The average molecular weight is 196 g/mol. The zero-order valence-corrected chi connectivity index (χ0v) is 9.92. The Morgan fingerprint density at radius 2 is 1.57 bits per heavy atom. The van der Waals surface area contributed by atoms with Gasteiger partial charge in [0.1, 0.15) is 0 Å². The van der Waals surface area contributed by atoms with Gasteiger partial charge in [0.2, 0.25) is 0 Å². The van der Waals surface area contributed by atoms with E-state index >= 15 is 0 Å². The van der Waals surface area contributed by atoms with Gasteiger partial charge in [-0.3, -0.25) is 4.90 Å². The van der Waals surface area contributed by atoms with Crippen LogP contribution in [0.1, 0.15) is 20.8 Å². The maximum Gasteiger partial charge on any atom is 0.0161 e. The first-order chi connectivity index (χ1) is 6.51. The zero-order chi connectivity index (χ0) is 10.6. The van der Waals surface area contributed by atoms with E-state index in [1.165, 1.54) is 32.7 Å². The third kappa shape index (κ3) is 4.25. The highest BCUT2D eigenvalue weighted by molar-refractivity contribution is 4.80. The number of piperazine rings is 1. The lowest BCUT2D eigenvalue weighted by atomic mass is 9.96. The maximum atomic E-state index is 3.78. The van der Waals surface area contributed by atoms with Crippen LogP contribution in [0.2, 0.25) is 0 Å². The summed E-state index contributed by atoms with van der Waals surface area (Å²) in [5.74, 6) is 0. The Morgan fingerprint density at radius 1 is 1.07 bits per heavy atom. The van der Waals surface area contributed by atoms with E-state index in [-0.39, 0.29) is 0 Å². The molecule has 1 rings (SSSR count). The molecule has 1 fully saturated rings. The van der Waals surface area contributed by atoms with Crippen LogP contribution < -0.4 is 0 Å². The monoisotopic (exact) mass is 196 g/mol. The van der Waals surface area contributed by atoms with Crippen molar-refractivity contribution in [2.75, 3.05) is 39.3 Å². The molecule has 0 unspecified atom stereocenters. The van der Waals surface area contributed by atoms with Crippen LogP contribution in [0.3, 0.4) is 0 Å². The van der Waals surface area contributed by atoms with E-state index in [4.69, 9.17) is 0 Å². The second-order valence-electron chi connectivity index (χ2n) is 5.43. The highest BCUT2D eigenvalue weighted by Gasteiger charge is 2.20. The van der Waals surface area contributed by atoms with Gasteiger partial charge in [0, 0.05) is 39.3 Å². The first kappa shape index (κ1) is 11.7.